The second kappa shape index (κ2) is 7.61. The van der Waals surface area contributed by atoms with E-state index in [1.807, 2.05) is 11.0 Å². The van der Waals surface area contributed by atoms with Crippen LogP contribution in [-0.2, 0) is 4.79 Å². The number of benzene rings is 2. The van der Waals surface area contributed by atoms with Gasteiger partial charge in [-0.05, 0) is 61.4 Å². The van der Waals surface area contributed by atoms with Crippen molar-refractivity contribution in [2.45, 2.75) is 18.8 Å². The molecular weight excluding hydrogens is 367 g/mol. The molecule has 3 aromatic rings. The molecule has 0 saturated carbocycles. The first kappa shape index (κ1) is 17.9. The topological polar surface area (TPSA) is 45.3 Å². The summed E-state index contributed by atoms with van der Waals surface area (Å²) in [6.45, 7) is 1.41. The minimum absolute atomic E-state index is 0.0119. The second-order valence-corrected chi connectivity index (χ2v) is 7.29. The molecule has 4 nitrogen and oxygen atoms in total. The van der Waals surface area contributed by atoms with Crippen molar-refractivity contribution in [2.24, 2.45) is 0 Å². The van der Waals surface area contributed by atoms with E-state index < -0.39 is 0 Å². The van der Waals surface area contributed by atoms with Gasteiger partial charge in [0.05, 0.1) is 0 Å². The van der Waals surface area contributed by atoms with Gasteiger partial charge in [0.25, 0.3) is 5.91 Å². The Kier molecular flexibility index (Phi) is 5.03. The number of likely N-dealkylation sites (tertiary alicyclic amines) is 1. The number of H-pyrrole nitrogens is 1. The number of nitrogens with zero attached hydrogens (tertiary/aromatic N) is 1. The highest BCUT2D eigenvalue weighted by Crippen LogP contribution is 2.30. The van der Waals surface area contributed by atoms with Crippen molar-refractivity contribution in [3.63, 3.8) is 0 Å². The maximum atomic E-state index is 13.4. The number of hydrogen-bond acceptors (Lipinski definition) is 2. The van der Waals surface area contributed by atoms with Crippen LogP contribution in [0.1, 0.15) is 24.5 Å². The molecule has 0 atom stereocenters. The molecule has 1 saturated heterocycles. The normalized spacial score (nSPS) is 15.3. The molecule has 6 heteroatoms. The number of nitrogens with one attached hydrogen (secondary N) is 1. The molecule has 1 N–H and O–H groups in total. The van der Waals surface area contributed by atoms with E-state index in [2.05, 4.69) is 4.98 Å². The van der Waals surface area contributed by atoms with E-state index in [0.29, 0.717) is 29.8 Å². The Morgan fingerprint density at radius 2 is 1.89 bits per heavy atom. The average Bonchev–Trinajstić information content (AvgIpc) is 3.10. The molecule has 140 valence electrons. The van der Waals surface area contributed by atoms with Gasteiger partial charge in [0.15, 0.2) is 6.61 Å². The van der Waals surface area contributed by atoms with Gasteiger partial charge in [-0.15, -0.1) is 0 Å². The van der Waals surface area contributed by atoms with Crippen molar-refractivity contribution >= 4 is 28.4 Å². The van der Waals surface area contributed by atoms with Gasteiger partial charge in [-0.25, -0.2) is 4.39 Å². The largest absolute Gasteiger partial charge is 0.484 e. The Morgan fingerprint density at radius 3 is 2.63 bits per heavy atom. The SMILES string of the molecule is O=C(COc1ccc(Cl)cc1)N1CCC(c2cc3cc(F)ccc3[nH]2)CC1. The van der Waals surface area contributed by atoms with Crippen LogP contribution in [0.4, 0.5) is 4.39 Å². The Balaban J connectivity index is 1.32. The molecule has 1 fully saturated rings. The third-order valence-corrected chi connectivity index (χ3v) is 5.32. The molecule has 1 aliphatic rings. The number of carbonyl (C=O) groups is 1. The summed E-state index contributed by atoms with van der Waals surface area (Å²) in [5, 5.41) is 1.52. The van der Waals surface area contributed by atoms with Gasteiger partial charge in [0.2, 0.25) is 0 Å². The molecule has 2 aromatic carbocycles. The van der Waals surface area contributed by atoms with Crippen LogP contribution in [-0.4, -0.2) is 35.5 Å². The summed E-state index contributed by atoms with van der Waals surface area (Å²) < 4.78 is 18.9. The molecular formula is C21H20ClFN2O2. The first-order chi connectivity index (χ1) is 13.1. The highest BCUT2D eigenvalue weighted by atomic mass is 35.5. The van der Waals surface area contributed by atoms with Crippen molar-refractivity contribution in [2.75, 3.05) is 19.7 Å². The molecule has 2 heterocycles. The van der Waals surface area contributed by atoms with Crippen molar-refractivity contribution in [1.82, 2.24) is 9.88 Å². The number of amides is 1. The van der Waals surface area contributed by atoms with Gasteiger partial charge < -0.3 is 14.6 Å². The lowest BCUT2D eigenvalue weighted by atomic mass is 9.93. The number of hydrogen-bond donors (Lipinski definition) is 1. The Labute approximate surface area is 161 Å². The van der Waals surface area contributed by atoms with Gasteiger partial charge in [-0.1, -0.05) is 11.6 Å². The standard InChI is InChI=1S/C21H20ClFN2O2/c22-16-1-4-18(5-2-16)27-13-21(26)25-9-7-14(8-10-25)20-12-15-11-17(23)3-6-19(15)24-20/h1-6,11-12,14,24H,7-10,13H2. The second-order valence-electron chi connectivity index (χ2n) is 6.85. The van der Waals surface area contributed by atoms with Crippen LogP contribution in [0.2, 0.25) is 5.02 Å². The molecule has 0 bridgehead atoms. The van der Waals surface area contributed by atoms with Crippen molar-refractivity contribution in [1.29, 1.82) is 0 Å². The van der Waals surface area contributed by atoms with Crippen LogP contribution < -0.4 is 4.74 Å². The molecule has 1 aliphatic heterocycles. The van der Waals surface area contributed by atoms with E-state index in [9.17, 15) is 9.18 Å². The summed E-state index contributed by atoms with van der Waals surface area (Å²) in [5.41, 5.74) is 2.06. The number of piperidine rings is 1. The van der Waals surface area contributed by atoms with Crippen molar-refractivity contribution < 1.29 is 13.9 Å². The lowest BCUT2D eigenvalue weighted by Gasteiger charge is -2.31. The highest BCUT2D eigenvalue weighted by Gasteiger charge is 2.25. The number of aromatic amines is 1. The van der Waals surface area contributed by atoms with Gasteiger partial charge in [-0.2, -0.15) is 0 Å². The zero-order chi connectivity index (χ0) is 18.8. The van der Waals surface area contributed by atoms with Gasteiger partial charge in [0, 0.05) is 40.6 Å². The number of halogens is 2. The Morgan fingerprint density at radius 1 is 1.15 bits per heavy atom. The minimum Gasteiger partial charge on any atom is -0.484 e. The van der Waals surface area contributed by atoms with Gasteiger partial charge in [0.1, 0.15) is 11.6 Å². The van der Waals surface area contributed by atoms with E-state index in [1.54, 1.807) is 36.4 Å². The molecule has 0 radical (unpaired) electrons. The quantitative estimate of drug-likeness (QED) is 0.703. The summed E-state index contributed by atoms with van der Waals surface area (Å²) in [7, 11) is 0. The van der Waals surface area contributed by atoms with Crippen LogP contribution in [0.15, 0.2) is 48.5 Å². The van der Waals surface area contributed by atoms with Gasteiger partial charge >= 0.3 is 0 Å². The summed E-state index contributed by atoms with van der Waals surface area (Å²) in [4.78, 5) is 17.6. The molecule has 1 amide bonds. The predicted molar refractivity (Wildman–Crippen MR) is 104 cm³/mol. The minimum atomic E-state index is -0.228. The molecule has 1 aromatic heterocycles. The Bertz CT molecular complexity index is 946. The summed E-state index contributed by atoms with van der Waals surface area (Å²) in [6, 6.07) is 13.8. The van der Waals surface area contributed by atoms with E-state index >= 15 is 0 Å². The fraction of sp³-hybridized carbons (Fsp3) is 0.286. The average molecular weight is 387 g/mol. The summed E-state index contributed by atoms with van der Waals surface area (Å²) >= 11 is 5.84. The van der Waals surface area contributed by atoms with E-state index in [-0.39, 0.29) is 18.3 Å². The smallest absolute Gasteiger partial charge is 0.260 e. The zero-order valence-electron chi connectivity index (χ0n) is 14.8. The number of rotatable bonds is 4. The predicted octanol–water partition coefficient (Wildman–Crippen LogP) is 4.75. The molecule has 0 spiro atoms. The molecule has 27 heavy (non-hydrogen) atoms. The van der Waals surface area contributed by atoms with Crippen LogP contribution in [0.5, 0.6) is 5.75 Å². The van der Waals surface area contributed by atoms with Crippen LogP contribution >= 0.6 is 11.6 Å². The number of aromatic nitrogens is 1. The van der Waals surface area contributed by atoms with E-state index in [4.69, 9.17) is 16.3 Å². The van der Waals surface area contributed by atoms with Crippen LogP contribution in [0, 0.1) is 5.82 Å². The van der Waals surface area contributed by atoms with Gasteiger partial charge in [-0.3, -0.25) is 4.79 Å². The number of ether oxygens (including phenoxy) is 1. The van der Waals surface area contributed by atoms with Crippen molar-refractivity contribution in [3.8, 4) is 5.75 Å². The lowest BCUT2D eigenvalue weighted by Crippen LogP contribution is -2.40. The number of carbonyl (C=O) groups excluding carboxylic acids is 1. The van der Waals surface area contributed by atoms with Crippen molar-refractivity contribution in [3.05, 3.63) is 65.1 Å². The Hall–Kier alpha value is -2.53. The fourth-order valence-corrected chi connectivity index (χ4v) is 3.68. The zero-order valence-corrected chi connectivity index (χ0v) is 15.5. The first-order valence-corrected chi connectivity index (χ1v) is 9.40. The third kappa shape index (κ3) is 4.08. The van der Waals surface area contributed by atoms with Crippen LogP contribution in [0.3, 0.4) is 0 Å². The monoisotopic (exact) mass is 386 g/mol. The first-order valence-electron chi connectivity index (χ1n) is 9.03. The molecule has 0 aliphatic carbocycles. The summed E-state index contributed by atoms with van der Waals surface area (Å²) in [6.07, 6.45) is 1.75. The molecule has 4 rings (SSSR count). The maximum absolute atomic E-state index is 13.4. The molecule has 0 unspecified atom stereocenters. The lowest BCUT2D eigenvalue weighted by molar-refractivity contribution is -0.134. The maximum Gasteiger partial charge on any atom is 0.260 e. The highest BCUT2D eigenvalue weighted by molar-refractivity contribution is 6.30. The third-order valence-electron chi connectivity index (χ3n) is 5.07. The fourth-order valence-electron chi connectivity index (χ4n) is 3.55. The van der Waals surface area contributed by atoms with E-state index in [0.717, 1.165) is 29.4 Å². The summed E-state index contributed by atoms with van der Waals surface area (Å²) in [5.74, 6) is 0.742. The number of fused-ring (bicyclic) bond motifs is 1. The van der Waals surface area contributed by atoms with Crippen LogP contribution in [0.25, 0.3) is 10.9 Å². The van der Waals surface area contributed by atoms with E-state index in [1.165, 1.54) is 6.07 Å².